The molecule has 0 aromatic carbocycles. The molecular weight excluding hydrogens is 128 g/mol. The molecule has 0 amide bonds. The van der Waals surface area contributed by atoms with Gasteiger partial charge in [0.25, 0.3) is 0 Å². The number of carbonyl (C=O) groups is 1. The molecule has 1 rings (SSSR count). The van der Waals surface area contributed by atoms with Crippen LogP contribution in [0, 0.1) is 5.92 Å². The van der Waals surface area contributed by atoms with E-state index in [4.69, 9.17) is 4.74 Å². The van der Waals surface area contributed by atoms with Crippen LogP contribution in [0.25, 0.3) is 0 Å². The molecule has 0 unspecified atom stereocenters. The maximum atomic E-state index is 10.6. The molecule has 1 heterocycles. The van der Waals surface area contributed by atoms with Gasteiger partial charge in [-0.2, -0.15) is 0 Å². The Morgan fingerprint density at radius 3 is 2.80 bits per heavy atom. The van der Waals surface area contributed by atoms with Gasteiger partial charge in [0.05, 0.1) is 6.42 Å². The molecule has 0 radical (unpaired) electrons. The second kappa shape index (κ2) is 2.86. The lowest BCUT2D eigenvalue weighted by Gasteiger charge is -2.03. The van der Waals surface area contributed by atoms with Gasteiger partial charge in [-0.1, -0.05) is 13.8 Å². The fourth-order valence-corrected chi connectivity index (χ4v) is 0.954. The molecule has 0 fully saturated rings. The summed E-state index contributed by atoms with van der Waals surface area (Å²) in [5.74, 6) is 1.30. The normalized spacial score (nSPS) is 17.5. The van der Waals surface area contributed by atoms with Crippen molar-refractivity contribution < 1.29 is 9.53 Å². The summed E-state index contributed by atoms with van der Waals surface area (Å²) in [4.78, 5) is 10.6. The third-order valence-electron chi connectivity index (χ3n) is 1.35. The molecule has 0 spiro atoms. The molecular formula is C8H12O2. The Kier molecular flexibility index (Phi) is 2.10. The van der Waals surface area contributed by atoms with E-state index in [1.165, 1.54) is 0 Å². The van der Waals surface area contributed by atoms with Crippen molar-refractivity contribution in [1.82, 2.24) is 0 Å². The van der Waals surface area contributed by atoms with E-state index < -0.39 is 0 Å². The first-order valence-corrected chi connectivity index (χ1v) is 3.58. The molecule has 56 valence electrons. The van der Waals surface area contributed by atoms with Crippen molar-refractivity contribution in [1.29, 1.82) is 0 Å². The van der Waals surface area contributed by atoms with E-state index in [9.17, 15) is 4.79 Å². The first kappa shape index (κ1) is 7.32. The predicted molar refractivity (Wildman–Crippen MR) is 38.2 cm³/mol. The van der Waals surface area contributed by atoms with Crippen molar-refractivity contribution in [3.05, 3.63) is 11.8 Å². The molecule has 2 nitrogen and oxygen atoms in total. The Hall–Kier alpha value is -0.790. The summed E-state index contributed by atoms with van der Waals surface area (Å²) in [6.07, 6.45) is 3.20. The zero-order valence-corrected chi connectivity index (χ0v) is 6.39. The minimum atomic E-state index is -0.115. The Balaban J connectivity index is 2.37. The van der Waals surface area contributed by atoms with E-state index in [0.717, 1.165) is 12.2 Å². The summed E-state index contributed by atoms with van der Waals surface area (Å²) >= 11 is 0. The molecule has 2 heteroatoms. The lowest BCUT2D eigenvalue weighted by Crippen LogP contribution is -1.96. The SMILES string of the molecule is CC(C)CC1=CCC(=O)O1. The number of ether oxygens (including phenoxy) is 1. The fraction of sp³-hybridized carbons (Fsp3) is 0.625. The fourth-order valence-electron chi connectivity index (χ4n) is 0.954. The summed E-state index contributed by atoms with van der Waals surface area (Å²) in [7, 11) is 0. The van der Waals surface area contributed by atoms with Gasteiger partial charge < -0.3 is 4.74 Å². The van der Waals surface area contributed by atoms with Crippen molar-refractivity contribution >= 4 is 5.97 Å². The summed E-state index contributed by atoms with van der Waals surface area (Å²) < 4.78 is 4.89. The summed E-state index contributed by atoms with van der Waals surface area (Å²) in [5.41, 5.74) is 0. The molecule has 0 bridgehead atoms. The van der Waals surface area contributed by atoms with E-state index in [-0.39, 0.29) is 5.97 Å². The molecule has 1 aliphatic heterocycles. The van der Waals surface area contributed by atoms with Gasteiger partial charge in [0.15, 0.2) is 0 Å². The maximum absolute atomic E-state index is 10.6. The van der Waals surface area contributed by atoms with E-state index in [2.05, 4.69) is 13.8 Å². The average Bonchev–Trinajstić information content (AvgIpc) is 2.13. The second-order valence-electron chi connectivity index (χ2n) is 2.95. The third kappa shape index (κ3) is 1.87. The molecule has 10 heavy (non-hydrogen) atoms. The van der Waals surface area contributed by atoms with Crippen LogP contribution in [0.5, 0.6) is 0 Å². The Morgan fingerprint density at radius 1 is 1.70 bits per heavy atom. The second-order valence-corrected chi connectivity index (χ2v) is 2.95. The highest BCUT2D eigenvalue weighted by molar-refractivity contribution is 5.75. The van der Waals surface area contributed by atoms with Crippen LogP contribution in [-0.2, 0) is 9.53 Å². The lowest BCUT2D eigenvalue weighted by atomic mass is 10.1. The van der Waals surface area contributed by atoms with E-state index in [1.807, 2.05) is 6.08 Å². The van der Waals surface area contributed by atoms with Crippen LogP contribution < -0.4 is 0 Å². The van der Waals surface area contributed by atoms with E-state index in [1.54, 1.807) is 0 Å². The molecule has 0 atom stereocenters. The first-order chi connectivity index (χ1) is 4.68. The third-order valence-corrected chi connectivity index (χ3v) is 1.35. The van der Waals surface area contributed by atoms with Crippen LogP contribution >= 0.6 is 0 Å². The van der Waals surface area contributed by atoms with Crippen LogP contribution in [0.1, 0.15) is 26.7 Å². The number of allylic oxidation sites excluding steroid dienone is 1. The first-order valence-electron chi connectivity index (χ1n) is 3.58. The van der Waals surface area contributed by atoms with Crippen LogP contribution in [0.15, 0.2) is 11.8 Å². The zero-order valence-electron chi connectivity index (χ0n) is 6.39. The number of hydrogen-bond acceptors (Lipinski definition) is 2. The minimum absolute atomic E-state index is 0.115. The summed E-state index contributed by atoms with van der Waals surface area (Å²) in [6.45, 7) is 4.21. The standard InChI is InChI=1S/C8H12O2/c1-6(2)5-7-3-4-8(9)10-7/h3,6H,4-5H2,1-2H3. The van der Waals surface area contributed by atoms with Crippen LogP contribution in [-0.4, -0.2) is 5.97 Å². The molecule has 0 aliphatic carbocycles. The maximum Gasteiger partial charge on any atom is 0.314 e. The van der Waals surface area contributed by atoms with E-state index in [0.29, 0.717) is 12.3 Å². The van der Waals surface area contributed by atoms with Crippen molar-refractivity contribution in [3.8, 4) is 0 Å². The number of rotatable bonds is 2. The topological polar surface area (TPSA) is 26.3 Å². The van der Waals surface area contributed by atoms with Crippen molar-refractivity contribution in [2.24, 2.45) is 5.92 Å². The van der Waals surface area contributed by atoms with E-state index >= 15 is 0 Å². The van der Waals surface area contributed by atoms with Crippen LogP contribution in [0.2, 0.25) is 0 Å². The zero-order chi connectivity index (χ0) is 7.56. The molecule has 0 aromatic rings. The minimum Gasteiger partial charge on any atom is -0.431 e. The van der Waals surface area contributed by atoms with Gasteiger partial charge in [-0.15, -0.1) is 0 Å². The number of cyclic esters (lactones) is 1. The quantitative estimate of drug-likeness (QED) is 0.547. The lowest BCUT2D eigenvalue weighted by molar-refractivity contribution is -0.136. The highest BCUT2D eigenvalue weighted by Crippen LogP contribution is 2.18. The largest absolute Gasteiger partial charge is 0.431 e. The Labute approximate surface area is 60.9 Å². The molecule has 0 saturated heterocycles. The highest BCUT2D eigenvalue weighted by atomic mass is 16.5. The average molecular weight is 140 g/mol. The molecule has 0 N–H and O–H groups in total. The molecule has 1 aliphatic rings. The van der Waals surface area contributed by atoms with Crippen molar-refractivity contribution in [2.45, 2.75) is 26.7 Å². The van der Waals surface area contributed by atoms with Gasteiger partial charge in [0.1, 0.15) is 5.76 Å². The summed E-state index contributed by atoms with van der Waals surface area (Å²) in [6, 6.07) is 0. The number of esters is 1. The number of carbonyl (C=O) groups excluding carboxylic acids is 1. The molecule has 0 saturated carbocycles. The smallest absolute Gasteiger partial charge is 0.314 e. The summed E-state index contributed by atoms with van der Waals surface area (Å²) in [5, 5.41) is 0. The van der Waals surface area contributed by atoms with Gasteiger partial charge in [0, 0.05) is 6.42 Å². The van der Waals surface area contributed by atoms with Crippen molar-refractivity contribution in [3.63, 3.8) is 0 Å². The number of hydrogen-bond donors (Lipinski definition) is 0. The van der Waals surface area contributed by atoms with Gasteiger partial charge in [-0.25, -0.2) is 0 Å². The van der Waals surface area contributed by atoms with Gasteiger partial charge in [-0.05, 0) is 12.0 Å². The van der Waals surface area contributed by atoms with Gasteiger partial charge >= 0.3 is 5.97 Å². The van der Waals surface area contributed by atoms with Crippen molar-refractivity contribution in [2.75, 3.05) is 0 Å². The Morgan fingerprint density at radius 2 is 2.40 bits per heavy atom. The van der Waals surface area contributed by atoms with Gasteiger partial charge in [0.2, 0.25) is 0 Å². The van der Waals surface area contributed by atoms with Crippen LogP contribution in [0.3, 0.4) is 0 Å². The Bertz CT molecular complexity index is 168. The monoisotopic (exact) mass is 140 g/mol. The highest BCUT2D eigenvalue weighted by Gasteiger charge is 2.14. The van der Waals surface area contributed by atoms with Gasteiger partial charge in [-0.3, -0.25) is 4.79 Å². The predicted octanol–water partition coefficient (Wildman–Crippen LogP) is 1.86. The molecule has 0 aromatic heterocycles. The van der Waals surface area contributed by atoms with Crippen LogP contribution in [0.4, 0.5) is 0 Å².